The number of aliphatic carboxylic acids is 1. The molecule has 3 aromatic carbocycles. The Balaban J connectivity index is 1.82. The number of rotatable bonds is 5. The highest BCUT2D eigenvalue weighted by Gasteiger charge is 2.25. The second-order valence-electron chi connectivity index (χ2n) is 8.30. The standard InChI is InChI=1S/C24H22ClN3O3/c1-24(2,3)16-10-13-21(31-22(23(29)30)15-8-11-17(25)12-9-15)20(14-16)28-26-18-6-4-5-7-19(18)27-28/h4-14,22H,1-3H3,(H,29,30). The molecule has 0 aliphatic carbocycles. The van der Waals surface area contributed by atoms with Gasteiger partial charge in [0.1, 0.15) is 22.5 Å². The molecular formula is C24H22ClN3O3. The van der Waals surface area contributed by atoms with Crippen LogP contribution in [0, 0.1) is 0 Å². The average Bonchev–Trinajstić information content (AvgIpc) is 3.16. The zero-order valence-electron chi connectivity index (χ0n) is 17.4. The third kappa shape index (κ3) is 4.39. The molecule has 6 nitrogen and oxygen atoms in total. The number of nitrogens with zero attached hydrogens (tertiary/aromatic N) is 3. The van der Waals surface area contributed by atoms with Gasteiger partial charge in [-0.25, -0.2) is 4.79 Å². The molecule has 1 unspecified atom stereocenters. The molecule has 0 aliphatic rings. The number of carboxylic acid groups (broad SMARTS) is 1. The minimum absolute atomic E-state index is 0.123. The molecule has 0 amide bonds. The van der Waals surface area contributed by atoms with Gasteiger partial charge in [0.2, 0.25) is 6.10 Å². The maximum absolute atomic E-state index is 12.0. The van der Waals surface area contributed by atoms with Crippen molar-refractivity contribution in [3.8, 4) is 11.4 Å². The lowest BCUT2D eigenvalue weighted by Gasteiger charge is -2.22. The van der Waals surface area contributed by atoms with Crippen molar-refractivity contribution in [2.75, 3.05) is 0 Å². The lowest BCUT2D eigenvalue weighted by Crippen LogP contribution is -2.20. The van der Waals surface area contributed by atoms with Crippen LogP contribution in [0.15, 0.2) is 66.7 Å². The van der Waals surface area contributed by atoms with Crippen molar-refractivity contribution < 1.29 is 14.6 Å². The van der Waals surface area contributed by atoms with Crippen molar-refractivity contribution in [1.82, 2.24) is 15.0 Å². The molecule has 1 N–H and O–H groups in total. The molecule has 1 aromatic heterocycles. The molecule has 7 heteroatoms. The Morgan fingerprint density at radius 1 is 1.00 bits per heavy atom. The Morgan fingerprint density at radius 3 is 2.16 bits per heavy atom. The lowest BCUT2D eigenvalue weighted by molar-refractivity contribution is -0.145. The number of fused-ring (bicyclic) bond motifs is 1. The van der Waals surface area contributed by atoms with Crippen LogP contribution in [0.25, 0.3) is 16.7 Å². The van der Waals surface area contributed by atoms with Gasteiger partial charge in [-0.2, -0.15) is 0 Å². The predicted octanol–water partition coefficient (Wildman–Crippen LogP) is 5.58. The van der Waals surface area contributed by atoms with Crippen molar-refractivity contribution in [3.63, 3.8) is 0 Å². The Hall–Kier alpha value is -3.38. The number of ether oxygens (including phenoxy) is 1. The molecule has 0 saturated carbocycles. The Labute approximate surface area is 185 Å². The van der Waals surface area contributed by atoms with Crippen molar-refractivity contribution in [2.45, 2.75) is 32.3 Å². The van der Waals surface area contributed by atoms with Crippen molar-refractivity contribution >= 4 is 28.6 Å². The molecule has 0 aliphatic heterocycles. The number of carbonyl (C=O) groups is 1. The van der Waals surface area contributed by atoms with E-state index in [0.29, 0.717) is 22.0 Å². The van der Waals surface area contributed by atoms with Crippen LogP contribution in [0.5, 0.6) is 5.75 Å². The summed E-state index contributed by atoms with van der Waals surface area (Å²) in [6, 6.07) is 19.8. The normalized spacial score (nSPS) is 12.6. The van der Waals surface area contributed by atoms with Crippen LogP contribution in [0.1, 0.15) is 38.0 Å². The minimum atomic E-state index is -1.21. The summed E-state index contributed by atoms with van der Waals surface area (Å²) >= 11 is 5.95. The highest BCUT2D eigenvalue weighted by atomic mass is 35.5. The number of hydrogen-bond donors (Lipinski definition) is 1. The Bertz CT molecular complexity index is 1210. The number of hydrogen-bond acceptors (Lipinski definition) is 4. The summed E-state index contributed by atoms with van der Waals surface area (Å²) in [6.07, 6.45) is -1.21. The monoisotopic (exact) mass is 435 g/mol. The van der Waals surface area contributed by atoms with Crippen LogP contribution in [-0.4, -0.2) is 26.1 Å². The van der Waals surface area contributed by atoms with E-state index >= 15 is 0 Å². The highest BCUT2D eigenvalue weighted by Crippen LogP contribution is 2.33. The summed E-state index contributed by atoms with van der Waals surface area (Å²) in [5.74, 6) is -0.734. The first-order valence-electron chi connectivity index (χ1n) is 9.84. The van der Waals surface area contributed by atoms with E-state index in [4.69, 9.17) is 16.3 Å². The molecule has 31 heavy (non-hydrogen) atoms. The van der Waals surface area contributed by atoms with E-state index in [1.807, 2.05) is 36.4 Å². The highest BCUT2D eigenvalue weighted by molar-refractivity contribution is 6.30. The molecule has 0 spiro atoms. The SMILES string of the molecule is CC(C)(C)c1ccc(OC(C(=O)O)c2ccc(Cl)cc2)c(-n2nc3ccccc3n2)c1. The fraction of sp³-hybridized carbons (Fsp3) is 0.208. The van der Waals surface area contributed by atoms with Gasteiger partial charge < -0.3 is 9.84 Å². The predicted molar refractivity (Wildman–Crippen MR) is 120 cm³/mol. The molecule has 0 fully saturated rings. The molecule has 1 atom stereocenters. The zero-order valence-corrected chi connectivity index (χ0v) is 18.2. The molecule has 4 aromatic rings. The summed E-state index contributed by atoms with van der Waals surface area (Å²) in [4.78, 5) is 13.5. The molecule has 158 valence electrons. The average molecular weight is 436 g/mol. The third-order valence-corrected chi connectivity index (χ3v) is 5.22. The Kier molecular flexibility index (Phi) is 5.41. The second kappa shape index (κ2) is 8.04. The van der Waals surface area contributed by atoms with Crippen molar-refractivity contribution in [2.24, 2.45) is 0 Å². The third-order valence-electron chi connectivity index (χ3n) is 4.97. The topological polar surface area (TPSA) is 77.2 Å². The van der Waals surface area contributed by atoms with Gasteiger partial charge in [0, 0.05) is 10.6 Å². The zero-order chi connectivity index (χ0) is 22.2. The van der Waals surface area contributed by atoms with Crippen molar-refractivity contribution in [1.29, 1.82) is 0 Å². The van der Waals surface area contributed by atoms with Gasteiger partial charge in [-0.05, 0) is 47.4 Å². The lowest BCUT2D eigenvalue weighted by atomic mass is 9.87. The largest absolute Gasteiger partial charge is 0.478 e. The number of carboxylic acids is 1. The molecule has 1 heterocycles. The van der Waals surface area contributed by atoms with Gasteiger partial charge in [0.25, 0.3) is 0 Å². The Morgan fingerprint density at radius 2 is 1.61 bits per heavy atom. The first-order valence-corrected chi connectivity index (χ1v) is 10.2. The summed E-state index contributed by atoms with van der Waals surface area (Å²) in [7, 11) is 0. The fourth-order valence-electron chi connectivity index (χ4n) is 3.23. The van der Waals surface area contributed by atoms with Crippen LogP contribution < -0.4 is 4.74 Å². The number of benzene rings is 3. The van der Waals surface area contributed by atoms with Crippen LogP contribution >= 0.6 is 11.6 Å². The first kappa shape index (κ1) is 20.9. The first-order chi connectivity index (χ1) is 14.7. The van der Waals surface area contributed by atoms with E-state index in [-0.39, 0.29) is 5.41 Å². The summed E-state index contributed by atoms with van der Waals surface area (Å²) < 4.78 is 6.01. The van der Waals surface area contributed by atoms with Gasteiger partial charge in [0.05, 0.1) is 0 Å². The summed E-state index contributed by atoms with van der Waals surface area (Å²) in [5.41, 5.74) is 3.46. The second-order valence-corrected chi connectivity index (χ2v) is 8.73. The maximum Gasteiger partial charge on any atom is 0.349 e. The van der Waals surface area contributed by atoms with Gasteiger partial charge in [-0.3, -0.25) is 0 Å². The van der Waals surface area contributed by atoms with Gasteiger partial charge in [-0.1, -0.05) is 62.7 Å². The molecule has 0 bridgehead atoms. The van der Waals surface area contributed by atoms with E-state index in [2.05, 4.69) is 31.0 Å². The molecule has 0 saturated heterocycles. The van der Waals surface area contributed by atoms with Gasteiger partial charge in [-0.15, -0.1) is 15.0 Å². The van der Waals surface area contributed by atoms with E-state index in [0.717, 1.165) is 16.6 Å². The van der Waals surface area contributed by atoms with E-state index < -0.39 is 12.1 Å². The molecule has 4 rings (SSSR count). The fourth-order valence-corrected chi connectivity index (χ4v) is 3.36. The van der Waals surface area contributed by atoms with Crippen molar-refractivity contribution in [3.05, 3.63) is 82.9 Å². The summed E-state index contributed by atoms with van der Waals surface area (Å²) in [6.45, 7) is 6.31. The van der Waals surface area contributed by atoms with Gasteiger partial charge in [0.15, 0.2) is 0 Å². The van der Waals surface area contributed by atoms with E-state index in [1.54, 1.807) is 30.3 Å². The van der Waals surface area contributed by atoms with E-state index in [9.17, 15) is 9.90 Å². The minimum Gasteiger partial charge on any atom is -0.478 e. The molecule has 0 radical (unpaired) electrons. The maximum atomic E-state index is 12.0. The smallest absolute Gasteiger partial charge is 0.349 e. The van der Waals surface area contributed by atoms with Crippen LogP contribution in [0.3, 0.4) is 0 Å². The van der Waals surface area contributed by atoms with Gasteiger partial charge >= 0.3 is 5.97 Å². The molecular weight excluding hydrogens is 414 g/mol. The van der Waals surface area contributed by atoms with Crippen LogP contribution in [0.2, 0.25) is 5.02 Å². The number of aromatic nitrogens is 3. The quantitative estimate of drug-likeness (QED) is 0.443. The van der Waals surface area contributed by atoms with E-state index in [1.165, 1.54) is 4.80 Å². The van der Waals surface area contributed by atoms with Crippen LogP contribution in [-0.2, 0) is 10.2 Å². The summed E-state index contributed by atoms with van der Waals surface area (Å²) in [5, 5.41) is 19.5. The number of halogens is 1. The van der Waals surface area contributed by atoms with Crippen LogP contribution in [0.4, 0.5) is 0 Å².